The molecule has 0 unspecified atom stereocenters. The van der Waals surface area contributed by atoms with Gasteiger partial charge >= 0.3 is 0 Å². The van der Waals surface area contributed by atoms with Crippen molar-refractivity contribution in [3.8, 4) is 0 Å². The van der Waals surface area contributed by atoms with E-state index >= 15 is 0 Å². The summed E-state index contributed by atoms with van der Waals surface area (Å²) in [5.41, 5.74) is 0.542. The monoisotopic (exact) mass is 359 g/mol. The van der Waals surface area contributed by atoms with Crippen LogP contribution in [0.15, 0.2) is 48.5 Å². The number of rotatable bonds is 2. The van der Waals surface area contributed by atoms with Crippen LogP contribution in [0.2, 0.25) is 5.02 Å². The molecule has 25 heavy (non-hydrogen) atoms. The molecule has 3 nitrogen and oxygen atoms in total. The van der Waals surface area contributed by atoms with Crippen molar-refractivity contribution in [1.29, 1.82) is 0 Å². The summed E-state index contributed by atoms with van der Waals surface area (Å²) >= 11 is 6.18. The Kier molecular flexibility index (Phi) is 4.26. The molecule has 130 valence electrons. The maximum atomic E-state index is 13.4. The van der Waals surface area contributed by atoms with E-state index in [9.17, 15) is 9.50 Å². The van der Waals surface area contributed by atoms with Crippen LogP contribution in [-0.2, 0) is 5.72 Å². The Balaban J connectivity index is 1.81. The normalized spacial score (nSPS) is 23.6. The summed E-state index contributed by atoms with van der Waals surface area (Å²) in [6, 6.07) is 13.9. The number of benzene rings is 2. The molecule has 2 aromatic rings. The van der Waals surface area contributed by atoms with Crippen LogP contribution in [0.5, 0.6) is 0 Å². The van der Waals surface area contributed by atoms with Crippen LogP contribution in [0.4, 0.5) is 10.1 Å². The number of nitrogens with zero attached hydrogens (tertiary/aromatic N) is 2. The topological polar surface area (TPSA) is 26.5 Å². The standard InChI is InChI=1S/C20H21ClFN2O/c21-16-5-4-6-18(13-16)23-14-20(25,15-8-10-17(22)11-9-15)24-12-3-1-2-7-19(23)24/h4-6,8-11,13,25H,1-3,7,12,14H2/q+1/t20-/m0/s1. The van der Waals surface area contributed by atoms with Gasteiger partial charge in [-0.3, -0.25) is 0 Å². The van der Waals surface area contributed by atoms with Crippen molar-refractivity contribution < 1.29 is 14.1 Å². The molecular weight excluding hydrogens is 339 g/mol. The summed E-state index contributed by atoms with van der Waals surface area (Å²) in [5.74, 6) is 0.823. The molecule has 1 N–H and O–H groups in total. The Labute approximate surface area is 152 Å². The third-order valence-electron chi connectivity index (χ3n) is 5.16. The first kappa shape index (κ1) is 16.6. The smallest absolute Gasteiger partial charge is 0.271 e. The number of aliphatic hydroxyl groups is 1. The Bertz CT molecular complexity index is 821. The van der Waals surface area contributed by atoms with Crippen LogP contribution in [-0.4, -0.2) is 28.6 Å². The van der Waals surface area contributed by atoms with Crippen molar-refractivity contribution >= 4 is 23.1 Å². The van der Waals surface area contributed by atoms with E-state index in [2.05, 4.69) is 9.48 Å². The minimum atomic E-state index is -1.16. The maximum absolute atomic E-state index is 13.4. The summed E-state index contributed by atoms with van der Waals surface area (Å²) < 4.78 is 15.4. The van der Waals surface area contributed by atoms with Gasteiger partial charge in [0, 0.05) is 23.1 Å². The quantitative estimate of drug-likeness (QED) is 0.816. The summed E-state index contributed by atoms with van der Waals surface area (Å²) in [5, 5.41) is 12.3. The number of hydrogen-bond acceptors (Lipinski definition) is 2. The van der Waals surface area contributed by atoms with E-state index in [-0.39, 0.29) is 5.82 Å². The van der Waals surface area contributed by atoms with Crippen LogP contribution in [0, 0.1) is 5.82 Å². The molecule has 0 saturated carbocycles. The predicted molar refractivity (Wildman–Crippen MR) is 97.7 cm³/mol. The second kappa shape index (κ2) is 6.43. The highest BCUT2D eigenvalue weighted by Crippen LogP contribution is 2.35. The van der Waals surface area contributed by atoms with Crippen LogP contribution in [0.1, 0.15) is 31.2 Å². The van der Waals surface area contributed by atoms with E-state index < -0.39 is 5.72 Å². The van der Waals surface area contributed by atoms with E-state index in [1.807, 2.05) is 24.3 Å². The third kappa shape index (κ3) is 2.94. The number of halogens is 2. The van der Waals surface area contributed by atoms with Gasteiger partial charge in [-0.1, -0.05) is 17.7 Å². The van der Waals surface area contributed by atoms with Crippen LogP contribution in [0.3, 0.4) is 0 Å². The molecule has 2 aliphatic heterocycles. The van der Waals surface area contributed by atoms with Crippen LogP contribution < -0.4 is 4.90 Å². The average molecular weight is 360 g/mol. The number of amidine groups is 1. The van der Waals surface area contributed by atoms with Gasteiger partial charge in [0.15, 0.2) is 6.54 Å². The molecule has 0 bridgehead atoms. The van der Waals surface area contributed by atoms with E-state index in [1.54, 1.807) is 12.1 Å². The zero-order chi connectivity index (χ0) is 17.4. The lowest BCUT2D eigenvalue weighted by molar-refractivity contribution is -0.658. The van der Waals surface area contributed by atoms with Gasteiger partial charge in [-0.05, 0) is 55.7 Å². The molecule has 0 saturated heterocycles. The van der Waals surface area contributed by atoms with Crippen molar-refractivity contribution in [2.24, 2.45) is 0 Å². The van der Waals surface area contributed by atoms with Gasteiger partial charge in [-0.2, -0.15) is 0 Å². The highest BCUT2D eigenvalue weighted by Gasteiger charge is 2.51. The fourth-order valence-electron chi connectivity index (χ4n) is 3.92. The molecule has 0 amide bonds. The predicted octanol–water partition coefficient (Wildman–Crippen LogP) is 4.13. The lowest BCUT2D eigenvalue weighted by Gasteiger charge is -2.23. The van der Waals surface area contributed by atoms with Crippen molar-refractivity contribution in [2.45, 2.75) is 31.4 Å². The zero-order valence-corrected chi connectivity index (χ0v) is 14.7. The first-order valence-corrected chi connectivity index (χ1v) is 9.11. The average Bonchev–Trinajstić information content (AvgIpc) is 2.76. The van der Waals surface area contributed by atoms with E-state index in [4.69, 9.17) is 11.6 Å². The molecule has 0 radical (unpaired) electrons. The van der Waals surface area contributed by atoms with Gasteiger partial charge in [0.2, 0.25) is 0 Å². The fraction of sp³-hybridized carbons (Fsp3) is 0.350. The second-order valence-corrected chi connectivity index (χ2v) is 7.20. The van der Waals surface area contributed by atoms with Gasteiger partial charge in [-0.25, -0.2) is 13.9 Å². The zero-order valence-electron chi connectivity index (χ0n) is 14.0. The first-order valence-electron chi connectivity index (χ1n) is 8.73. The molecule has 1 atom stereocenters. The lowest BCUT2D eigenvalue weighted by Crippen LogP contribution is -2.41. The molecule has 4 rings (SSSR count). The molecule has 0 spiro atoms. The molecule has 2 heterocycles. The van der Waals surface area contributed by atoms with Crippen molar-refractivity contribution in [2.75, 3.05) is 18.0 Å². The highest BCUT2D eigenvalue weighted by atomic mass is 35.5. The summed E-state index contributed by atoms with van der Waals surface area (Å²) in [7, 11) is 0. The van der Waals surface area contributed by atoms with E-state index in [1.165, 1.54) is 12.1 Å². The molecule has 0 fully saturated rings. The van der Waals surface area contributed by atoms with Gasteiger partial charge in [0.25, 0.3) is 11.6 Å². The van der Waals surface area contributed by atoms with E-state index in [0.29, 0.717) is 11.6 Å². The second-order valence-electron chi connectivity index (χ2n) is 6.77. The minimum Gasteiger partial charge on any atom is -0.346 e. The van der Waals surface area contributed by atoms with Crippen LogP contribution >= 0.6 is 11.6 Å². The highest BCUT2D eigenvalue weighted by molar-refractivity contribution is 6.30. The van der Waals surface area contributed by atoms with Crippen molar-refractivity contribution in [3.05, 3.63) is 64.9 Å². The van der Waals surface area contributed by atoms with Gasteiger partial charge in [-0.15, -0.1) is 0 Å². The SMILES string of the molecule is O[C@]1(c2ccc(F)cc2)CN(c2cccc(Cl)c2)C2=[N+]1CCCCC2. The minimum absolute atomic E-state index is 0.294. The van der Waals surface area contributed by atoms with Crippen molar-refractivity contribution in [3.63, 3.8) is 0 Å². The van der Waals surface area contributed by atoms with Crippen molar-refractivity contribution in [1.82, 2.24) is 0 Å². The summed E-state index contributed by atoms with van der Waals surface area (Å²) in [6.07, 6.45) is 4.19. The fourth-order valence-corrected chi connectivity index (χ4v) is 4.10. The van der Waals surface area contributed by atoms with E-state index in [0.717, 1.165) is 49.3 Å². The number of β-amino-alcohol motifs (C(OH)–C–C–N with tert-alkyl or cyclic N) is 1. The lowest BCUT2D eigenvalue weighted by atomic mass is 10.0. The summed E-state index contributed by atoms with van der Waals surface area (Å²) in [4.78, 5) is 2.15. The Hall–Kier alpha value is -1.91. The van der Waals surface area contributed by atoms with Crippen LogP contribution in [0.25, 0.3) is 0 Å². The van der Waals surface area contributed by atoms with Gasteiger partial charge in [0.1, 0.15) is 11.5 Å². The molecular formula is C20H21ClFN2O+. The van der Waals surface area contributed by atoms with Gasteiger partial charge < -0.3 is 5.11 Å². The molecule has 2 aliphatic rings. The largest absolute Gasteiger partial charge is 0.346 e. The van der Waals surface area contributed by atoms with Gasteiger partial charge in [0.05, 0.1) is 6.54 Å². The molecule has 0 aromatic heterocycles. The molecule has 2 aromatic carbocycles. The first-order chi connectivity index (χ1) is 12.1. The third-order valence-corrected chi connectivity index (χ3v) is 5.39. The Morgan fingerprint density at radius 3 is 2.64 bits per heavy atom. The maximum Gasteiger partial charge on any atom is 0.271 e. The number of anilines is 1. The molecule has 0 aliphatic carbocycles. The number of hydrogen-bond donors (Lipinski definition) is 1. The Morgan fingerprint density at radius 1 is 1.08 bits per heavy atom. The summed E-state index contributed by atoms with van der Waals surface area (Å²) in [6.45, 7) is 1.20. The Morgan fingerprint density at radius 2 is 1.88 bits per heavy atom. The molecule has 5 heteroatoms.